The lowest BCUT2D eigenvalue weighted by Crippen LogP contribution is -2.38. The quantitative estimate of drug-likeness (QED) is 0.326. The Hall–Kier alpha value is -3.56. The smallest absolute Gasteiger partial charge is 0.295 e. The third-order valence-corrected chi connectivity index (χ3v) is 6.70. The monoisotopic (exact) mass is 496 g/mol. The summed E-state index contributed by atoms with van der Waals surface area (Å²) in [7, 11) is 2.99. The fraction of sp³-hybridized carbons (Fsp3) is 0.407. The summed E-state index contributed by atoms with van der Waals surface area (Å²) in [5.41, 5.74) is 1.75. The third kappa shape index (κ3) is 5.03. The minimum Gasteiger partial charge on any atom is -0.507 e. The predicted octanol–water partition coefficient (Wildman–Crippen LogP) is 2.86. The Balaban J connectivity index is 1.73. The summed E-state index contributed by atoms with van der Waals surface area (Å²) in [6, 6.07) is 8.94. The highest BCUT2D eigenvalue weighted by Crippen LogP contribution is 2.42. The largest absolute Gasteiger partial charge is 0.507 e. The molecule has 1 unspecified atom stereocenters. The van der Waals surface area contributed by atoms with E-state index in [2.05, 4.69) is 4.90 Å². The molecule has 36 heavy (non-hydrogen) atoms. The fourth-order valence-electron chi connectivity index (χ4n) is 4.79. The molecule has 192 valence electrons. The van der Waals surface area contributed by atoms with E-state index in [0.717, 1.165) is 25.2 Å². The molecule has 1 atom stereocenters. The molecule has 0 bridgehead atoms. The molecule has 0 saturated carbocycles. The normalized spacial score (nSPS) is 20.1. The zero-order valence-corrected chi connectivity index (χ0v) is 20.8. The van der Waals surface area contributed by atoms with Crippen molar-refractivity contribution in [3.63, 3.8) is 0 Å². The highest BCUT2D eigenvalue weighted by atomic mass is 16.5. The van der Waals surface area contributed by atoms with Crippen LogP contribution in [0.15, 0.2) is 42.0 Å². The van der Waals surface area contributed by atoms with Gasteiger partial charge in [0.05, 0.1) is 39.0 Å². The number of hydrogen-bond donors (Lipinski definition) is 2. The highest BCUT2D eigenvalue weighted by Gasteiger charge is 2.46. The lowest BCUT2D eigenvalue weighted by Gasteiger charge is -2.29. The Kier molecular flexibility index (Phi) is 7.81. The van der Waals surface area contributed by atoms with E-state index in [1.807, 2.05) is 6.92 Å². The number of amides is 1. The van der Waals surface area contributed by atoms with E-state index < -0.39 is 17.7 Å². The van der Waals surface area contributed by atoms with Crippen molar-refractivity contribution >= 4 is 17.4 Å². The van der Waals surface area contributed by atoms with Gasteiger partial charge in [0.2, 0.25) is 0 Å². The number of phenols is 1. The molecule has 0 radical (unpaired) electrons. The molecule has 2 aromatic carbocycles. The van der Waals surface area contributed by atoms with Crippen LogP contribution in [0.4, 0.5) is 0 Å². The maximum Gasteiger partial charge on any atom is 0.295 e. The Bertz CT molecular complexity index is 1170. The number of phenolic OH excluding ortho intramolecular Hbond substituents is 1. The highest BCUT2D eigenvalue weighted by molar-refractivity contribution is 6.46. The predicted molar refractivity (Wildman–Crippen MR) is 133 cm³/mol. The van der Waals surface area contributed by atoms with Crippen LogP contribution in [-0.4, -0.2) is 85.3 Å². The van der Waals surface area contributed by atoms with Gasteiger partial charge in [0.1, 0.15) is 11.5 Å². The molecule has 2 aliphatic rings. The van der Waals surface area contributed by atoms with Crippen molar-refractivity contribution in [1.29, 1.82) is 0 Å². The summed E-state index contributed by atoms with van der Waals surface area (Å²) in [5.74, 6) is -0.866. The molecule has 2 aromatic rings. The van der Waals surface area contributed by atoms with Crippen molar-refractivity contribution in [2.75, 3.05) is 53.6 Å². The maximum absolute atomic E-state index is 13.3. The summed E-state index contributed by atoms with van der Waals surface area (Å²) >= 11 is 0. The lowest BCUT2D eigenvalue weighted by atomic mass is 9.94. The van der Waals surface area contributed by atoms with Crippen molar-refractivity contribution < 1.29 is 34.0 Å². The number of benzene rings is 2. The number of Topliss-reactive ketones (excluding diaryl/α,β-unsaturated/α-hetero) is 1. The number of aryl methyl sites for hydroxylation is 1. The summed E-state index contributed by atoms with van der Waals surface area (Å²) < 4.78 is 16.0. The van der Waals surface area contributed by atoms with E-state index in [0.29, 0.717) is 43.1 Å². The van der Waals surface area contributed by atoms with Crippen LogP contribution in [0.5, 0.6) is 17.2 Å². The summed E-state index contributed by atoms with van der Waals surface area (Å²) in [6.07, 6.45) is 0.653. The summed E-state index contributed by atoms with van der Waals surface area (Å²) in [6.45, 7) is 5.94. The topological polar surface area (TPSA) is 109 Å². The van der Waals surface area contributed by atoms with Crippen molar-refractivity contribution in [3.05, 3.63) is 58.7 Å². The van der Waals surface area contributed by atoms with Crippen LogP contribution in [0.1, 0.15) is 29.2 Å². The molecule has 2 aliphatic heterocycles. The molecule has 0 aromatic heterocycles. The first kappa shape index (κ1) is 25.5. The van der Waals surface area contributed by atoms with Gasteiger partial charge < -0.3 is 29.3 Å². The maximum atomic E-state index is 13.3. The van der Waals surface area contributed by atoms with E-state index in [9.17, 15) is 19.8 Å². The number of ketones is 1. The van der Waals surface area contributed by atoms with Gasteiger partial charge >= 0.3 is 0 Å². The molecule has 1 amide bonds. The lowest BCUT2D eigenvalue weighted by molar-refractivity contribution is -0.140. The van der Waals surface area contributed by atoms with Gasteiger partial charge in [0.25, 0.3) is 11.7 Å². The van der Waals surface area contributed by atoms with Gasteiger partial charge in [0, 0.05) is 31.7 Å². The number of methoxy groups -OCH3 is 2. The summed E-state index contributed by atoms with van der Waals surface area (Å²) in [4.78, 5) is 30.2. The zero-order chi connectivity index (χ0) is 25.8. The molecule has 2 saturated heterocycles. The molecule has 4 rings (SSSR count). The number of ether oxygens (including phenoxy) is 3. The molecule has 9 nitrogen and oxygen atoms in total. The van der Waals surface area contributed by atoms with E-state index in [-0.39, 0.29) is 22.8 Å². The number of likely N-dealkylation sites (tertiary alicyclic amines) is 1. The van der Waals surface area contributed by atoms with Crippen LogP contribution in [0.2, 0.25) is 0 Å². The molecule has 0 aliphatic carbocycles. The van der Waals surface area contributed by atoms with Crippen LogP contribution in [-0.2, 0) is 14.3 Å². The second-order valence-corrected chi connectivity index (χ2v) is 8.92. The van der Waals surface area contributed by atoms with Gasteiger partial charge in [-0.05, 0) is 54.8 Å². The van der Waals surface area contributed by atoms with Crippen LogP contribution >= 0.6 is 0 Å². The first-order valence-corrected chi connectivity index (χ1v) is 12.0. The van der Waals surface area contributed by atoms with Crippen LogP contribution in [0.25, 0.3) is 5.76 Å². The molecule has 0 spiro atoms. The number of aliphatic hydroxyl groups excluding tert-OH is 1. The van der Waals surface area contributed by atoms with Gasteiger partial charge in [-0.2, -0.15) is 0 Å². The average molecular weight is 497 g/mol. The standard InChI is InChI=1S/C27H32N2O7/c1-17-15-19(6-8-21(17)34-2)25(31)23-24(18-5-7-20(30)22(16-18)35-3)29(27(33)26(23)32)10-4-9-28-11-13-36-14-12-28/h5-8,15-16,24,30-31H,4,9-14H2,1-3H3/b25-23-. The van der Waals surface area contributed by atoms with Crippen LogP contribution in [0.3, 0.4) is 0 Å². The fourth-order valence-corrected chi connectivity index (χ4v) is 4.79. The molecule has 2 N–H and O–H groups in total. The van der Waals surface area contributed by atoms with Crippen LogP contribution < -0.4 is 9.47 Å². The Morgan fingerprint density at radius 2 is 1.75 bits per heavy atom. The molecule has 2 heterocycles. The van der Waals surface area contributed by atoms with Gasteiger partial charge in [-0.25, -0.2) is 0 Å². The third-order valence-electron chi connectivity index (χ3n) is 6.70. The Morgan fingerprint density at radius 1 is 1.03 bits per heavy atom. The minimum absolute atomic E-state index is 0.00341. The number of morpholine rings is 1. The molecule has 9 heteroatoms. The number of hydrogen-bond acceptors (Lipinski definition) is 8. The van der Waals surface area contributed by atoms with Crippen molar-refractivity contribution in [3.8, 4) is 17.2 Å². The van der Waals surface area contributed by atoms with Gasteiger partial charge in [0.15, 0.2) is 11.5 Å². The van der Waals surface area contributed by atoms with E-state index >= 15 is 0 Å². The first-order valence-electron chi connectivity index (χ1n) is 12.0. The average Bonchev–Trinajstić information content (AvgIpc) is 3.14. The number of aromatic hydroxyl groups is 1. The van der Waals surface area contributed by atoms with Gasteiger partial charge in [-0.3, -0.25) is 14.5 Å². The van der Waals surface area contributed by atoms with Crippen molar-refractivity contribution in [1.82, 2.24) is 9.80 Å². The number of nitrogens with zero attached hydrogens (tertiary/aromatic N) is 2. The first-order chi connectivity index (χ1) is 17.3. The van der Waals surface area contributed by atoms with E-state index in [1.54, 1.807) is 37.4 Å². The summed E-state index contributed by atoms with van der Waals surface area (Å²) in [5, 5.41) is 21.4. The molecular weight excluding hydrogens is 464 g/mol. The zero-order valence-electron chi connectivity index (χ0n) is 20.8. The Labute approximate surface area is 210 Å². The number of aliphatic hydroxyl groups is 1. The van der Waals surface area contributed by atoms with E-state index in [4.69, 9.17) is 14.2 Å². The SMILES string of the molecule is COc1ccc(/C(O)=C2/C(=O)C(=O)N(CCCN3CCOCC3)C2c2ccc(O)c(OC)c2)cc1C. The van der Waals surface area contributed by atoms with Crippen molar-refractivity contribution in [2.45, 2.75) is 19.4 Å². The van der Waals surface area contributed by atoms with Crippen LogP contribution in [0, 0.1) is 6.92 Å². The van der Waals surface area contributed by atoms with Gasteiger partial charge in [-0.1, -0.05) is 6.07 Å². The van der Waals surface area contributed by atoms with Crippen molar-refractivity contribution in [2.24, 2.45) is 0 Å². The van der Waals surface area contributed by atoms with E-state index in [1.165, 1.54) is 18.1 Å². The number of carbonyl (C=O) groups excluding carboxylic acids is 2. The second kappa shape index (κ2) is 11.0. The molecule has 2 fully saturated rings. The molecular formula is C27H32N2O7. The van der Waals surface area contributed by atoms with Gasteiger partial charge in [-0.15, -0.1) is 0 Å². The Morgan fingerprint density at radius 3 is 2.42 bits per heavy atom. The second-order valence-electron chi connectivity index (χ2n) is 8.92. The minimum atomic E-state index is -0.827. The number of carbonyl (C=O) groups is 2. The number of rotatable bonds is 8.